The molecule has 0 aliphatic carbocycles. The van der Waals surface area contributed by atoms with E-state index in [2.05, 4.69) is 6.07 Å². The van der Waals surface area contributed by atoms with Crippen molar-refractivity contribution in [3.05, 3.63) is 29.8 Å². The number of amides is 1. The van der Waals surface area contributed by atoms with Crippen molar-refractivity contribution in [2.24, 2.45) is 0 Å². The topological polar surface area (TPSA) is 20.3 Å². The van der Waals surface area contributed by atoms with E-state index in [1.54, 1.807) is 0 Å². The number of carbonyl (C=O) groups is 1. The zero-order valence-corrected chi connectivity index (χ0v) is 9.33. The summed E-state index contributed by atoms with van der Waals surface area (Å²) in [6.07, 6.45) is 2.29. The Hall–Kier alpha value is -1.02. The van der Waals surface area contributed by atoms with Gasteiger partial charge < -0.3 is 4.90 Å². The van der Waals surface area contributed by atoms with E-state index in [1.165, 1.54) is 5.56 Å². The molecule has 0 bridgehead atoms. The number of carbonyl (C=O) groups excluding carboxylic acids is 1. The first kappa shape index (κ1) is 10.5. The van der Waals surface area contributed by atoms with Gasteiger partial charge in [-0.05, 0) is 24.5 Å². The van der Waals surface area contributed by atoms with Gasteiger partial charge in [-0.15, -0.1) is 11.6 Å². The Balaban J connectivity index is 2.10. The average molecular weight is 224 g/mol. The molecule has 0 radical (unpaired) electrons. The van der Waals surface area contributed by atoms with Crippen LogP contribution in [0.5, 0.6) is 0 Å². The SMILES string of the molecule is O=C(CCCCl)N1CCc2ccccc21. The van der Waals surface area contributed by atoms with E-state index < -0.39 is 0 Å². The highest BCUT2D eigenvalue weighted by Crippen LogP contribution is 2.27. The van der Waals surface area contributed by atoms with Crippen LogP contribution in [0.15, 0.2) is 24.3 Å². The molecule has 2 nitrogen and oxygen atoms in total. The van der Waals surface area contributed by atoms with Gasteiger partial charge in [0.25, 0.3) is 0 Å². The molecule has 1 heterocycles. The first-order valence-electron chi connectivity index (χ1n) is 5.27. The van der Waals surface area contributed by atoms with Crippen molar-refractivity contribution in [1.82, 2.24) is 0 Å². The maximum Gasteiger partial charge on any atom is 0.227 e. The van der Waals surface area contributed by atoms with Gasteiger partial charge in [0.2, 0.25) is 5.91 Å². The molecular weight excluding hydrogens is 210 g/mol. The van der Waals surface area contributed by atoms with Gasteiger partial charge in [-0.1, -0.05) is 18.2 Å². The van der Waals surface area contributed by atoms with Crippen molar-refractivity contribution in [2.45, 2.75) is 19.3 Å². The van der Waals surface area contributed by atoms with Crippen LogP contribution in [0.1, 0.15) is 18.4 Å². The van der Waals surface area contributed by atoms with Crippen LogP contribution in [0.25, 0.3) is 0 Å². The lowest BCUT2D eigenvalue weighted by atomic mass is 10.2. The van der Waals surface area contributed by atoms with Crippen molar-refractivity contribution in [3.63, 3.8) is 0 Å². The van der Waals surface area contributed by atoms with E-state index in [1.807, 2.05) is 23.1 Å². The summed E-state index contributed by atoms with van der Waals surface area (Å²) in [6.45, 7) is 0.820. The monoisotopic (exact) mass is 223 g/mol. The molecule has 3 heteroatoms. The lowest BCUT2D eigenvalue weighted by molar-refractivity contribution is -0.118. The fourth-order valence-electron chi connectivity index (χ4n) is 1.95. The highest BCUT2D eigenvalue weighted by Gasteiger charge is 2.23. The van der Waals surface area contributed by atoms with E-state index in [9.17, 15) is 4.79 Å². The molecule has 0 N–H and O–H groups in total. The Kier molecular flexibility index (Phi) is 3.27. The molecule has 1 aliphatic heterocycles. The lowest BCUT2D eigenvalue weighted by Crippen LogP contribution is -2.28. The maximum absolute atomic E-state index is 11.8. The molecular formula is C12H14ClNO. The van der Waals surface area contributed by atoms with Crippen LogP contribution >= 0.6 is 11.6 Å². The van der Waals surface area contributed by atoms with E-state index in [0.29, 0.717) is 12.3 Å². The predicted molar refractivity (Wildman–Crippen MR) is 62.5 cm³/mol. The number of para-hydroxylation sites is 1. The van der Waals surface area contributed by atoms with Crippen molar-refractivity contribution >= 4 is 23.2 Å². The van der Waals surface area contributed by atoms with Crippen LogP contribution in [-0.2, 0) is 11.2 Å². The largest absolute Gasteiger partial charge is 0.312 e. The van der Waals surface area contributed by atoms with Gasteiger partial charge in [0, 0.05) is 24.5 Å². The van der Waals surface area contributed by atoms with Crippen LogP contribution < -0.4 is 4.90 Å². The third kappa shape index (κ3) is 2.15. The molecule has 1 amide bonds. The van der Waals surface area contributed by atoms with Crippen molar-refractivity contribution < 1.29 is 4.79 Å². The van der Waals surface area contributed by atoms with Crippen molar-refractivity contribution in [2.75, 3.05) is 17.3 Å². The van der Waals surface area contributed by atoms with Gasteiger partial charge >= 0.3 is 0 Å². The third-order valence-electron chi connectivity index (χ3n) is 2.71. The van der Waals surface area contributed by atoms with E-state index in [0.717, 1.165) is 25.1 Å². The van der Waals surface area contributed by atoms with E-state index in [4.69, 9.17) is 11.6 Å². The first-order chi connectivity index (χ1) is 7.33. The molecule has 0 unspecified atom stereocenters. The number of alkyl halides is 1. The van der Waals surface area contributed by atoms with Crippen LogP contribution in [-0.4, -0.2) is 18.3 Å². The van der Waals surface area contributed by atoms with Crippen molar-refractivity contribution in [3.8, 4) is 0 Å². The maximum atomic E-state index is 11.8. The normalized spacial score (nSPS) is 14.1. The summed E-state index contributed by atoms with van der Waals surface area (Å²) in [5.74, 6) is 0.752. The Morgan fingerprint density at radius 2 is 2.20 bits per heavy atom. The number of hydrogen-bond acceptors (Lipinski definition) is 1. The molecule has 15 heavy (non-hydrogen) atoms. The Morgan fingerprint density at radius 1 is 1.40 bits per heavy atom. The number of halogens is 1. The van der Waals surface area contributed by atoms with Crippen LogP contribution in [0.4, 0.5) is 5.69 Å². The lowest BCUT2D eigenvalue weighted by Gasteiger charge is -2.16. The third-order valence-corrected chi connectivity index (χ3v) is 2.98. The molecule has 0 fully saturated rings. The highest BCUT2D eigenvalue weighted by molar-refractivity contribution is 6.18. The second kappa shape index (κ2) is 4.67. The molecule has 1 aromatic rings. The van der Waals surface area contributed by atoms with Crippen LogP contribution in [0, 0.1) is 0 Å². The number of hydrogen-bond donors (Lipinski definition) is 0. The van der Waals surface area contributed by atoms with E-state index in [-0.39, 0.29) is 5.91 Å². The summed E-state index contributed by atoms with van der Waals surface area (Å²) in [5, 5.41) is 0. The van der Waals surface area contributed by atoms with Crippen molar-refractivity contribution in [1.29, 1.82) is 0 Å². The minimum absolute atomic E-state index is 0.195. The highest BCUT2D eigenvalue weighted by atomic mass is 35.5. The van der Waals surface area contributed by atoms with Gasteiger partial charge in [0.05, 0.1) is 0 Å². The molecule has 0 spiro atoms. The van der Waals surface area contributed by atoms with Crippen LogP contribution in [0.2, 0.25) is 0 Å². The minimum atomic E-state index is 0.195. The Morgan fingerprint density at radius 3 is 3.00 bits per heavy atom. The molecule has 2 rings (SSSR count). The van der Waals surface area contributed by atoms with Gasteiger partial charge in [-0.3, -0.25) is 4.79 Å². The molecule has 0 aromatic heterocycles. The van der Waals surface area contributed by atoms with Gasteiger partial charge in [-0.2, -0.15) is 0 Å². The molecule has 0 atom stereocenters. The Bertz CT molecular complexity index is 364. The predicted octanol–water partition coefficient (Wildman–Crippen LogP) is 2.59. The Labute approximate surface area is 94.8 Å². The number of benzene rings is 1. The van der Waals surface area contributed by atoms with Crippen LogP contribution in [0.3, 0.4) is 0 Å². The quantitative estimate of drug-likeness (QED) is 0.722. The van der Waals surface area contributed by atoms with Gasteiger partial charge in [-0.25, -0.2) is 0 Å². The number of fused-ring (bicyclic) bond motifs is 1. The van der Waals surface area contributed by atoms with Gasteiger partial charge in [0.1, 0.15) is 0 Å². The number of anilines is 1. The zero-order valence-electron chi connectivity index (χ0n) is 8.58. The fourth-order valence-corrected chi connectivity index (χ4v) is 2.08. The second-order valence-electron chi connectivity index (χ2n) is 3.72. The minimum Gasteiger partial charge on any atom is -0.312 e. The smallest absolute Gasteiger partial charge is 0.227 e. The zero-order chi connectivity index (χ0) is 10.7. The standard InChI is InChI=1S/C12H14ClNO/c13-8-3-6-12(15)14-9-7-10-4-1-2-5-11(10)14/h1-2,4-5H,3,6-9H2. The second-order valence-corrected chi connectivity index (χ2v) is 4.09. The molecule has 1 aromatic carbocycles. The summed E-state index contributed by atoms with van der Waals surface area (Å²) >= 11 is 5.58. The molecule has 80 valence electrons. The van der Waals surface area contributed by atoms with Gasteiger partial charge in [0.15, 0.2) is 0 Å². The first-order valence-corrected chi connectivity index (χ1v) is 5.80. The summed E-state index contributed by atoms with van der Waals surface area (Å²) in [4.78, 5) is 13.7. The summed E-state index contributed by atoms with van der Waals surface area (Å²) < 4.78 is 0. The molecule has 0 saturated heterocycles. The summed E-state index contributed by atoms with van der Waals surface area (Å²) in [6, 6.07) is 8.10. The number of rotatable bonds is 3. The molecule has 0 saturated carbocycles. The summed E-state index contributed by atoms with van der Waals surface area (Å²) in [5.41, 5.74) is 2.36. The average Bonchev–Trinajstić information content (AvgIpc) is 2.69. The summed E-state index contributed by atoms with van der Waals surface area (Å²) in [7, 11) is 0. The molecule has 1 aliphatic rings. The number of nitrogens with zero attached hydrogens (tertiary/aromatic N) is 1. The fraction of sp³-hybridized carbons (Fsp3) is 0.417. The van der Waals surface area contributed by atoms with E-state index >= 15 is 0 Å².